The van der Waals surface area contributed by atoms with Crippen LogP contribution in [0.2, 0.25) is 0 Å². The molecule has 60 valence electrons. The number of hydrogen-bond acceptors (Lipinski definition) is 4. The Hall–Kier alpha value is -0.420. The molecule has 0 aliphatic carbocycles. The lowest BCUT2D eigenvalue weighted by Gasteiger charge is -1.92. The topological polar surface area (TPSA) is 39.2 Å². The number of aromatic nitrogens is 1. The van der Waals surface area contributed by atoms with Crippen LogP contribution in [-0.2, 0) is 16.0 Å². The summed E-state index contributed by atoms with van der Waals surface area (Å²) < 4.78 is 5.40. The van der Waals surface area contributed by atoms with Crippen molar-refractivity contribution in [1.29, 1.82) is 0 Å². The van der Waals surface area contributed by atoms with Crippen molar-refractivity contribution >= 4 is 33.2 Å². The maximum Gasteiger partial charge on any atom is 0.312 e. The van der Waals surface area contributed by atoms with Crippen LogP contribution in [0.1, 0.15) is 5.01 Å². The summed E-state index contributed by atoms with van der Waals surface area (Å²) in [4.78, 5) is 14.7. The Labute approximate surface area is 76.5 Å². The van der Waals surface area contributed by atoms with Crippen LogP contribution in [-0.4, -0.2) is 18.1 Å². The van der Waals surface area contributed by atoms with Gasteiger partial charge in [-0.25, -0.2) is 4.98 Å². The number of carbonyl (C=O) groups excluding carboxylic acids is 1. The number of nitrogens with zero attached hydrogens (tertiary/aromatic N) is 1. The zero-order valence-electron chi connectivity index (χ0n) is 5.83. The van der Waals surface area contributed by atoms with Crippen LogP contribution in [0.15, 0.2) is 9.98 Å². The quantitative estimate of drug-likeness (QED) is 0.732. The third kappa shape index (κ3) is 2.59. The maximum absolute atomic E-state index is 10.7. The van der Waals surface area contributed by atoms with Gasteiger partial charge in [-0.1, -0.05) is 0 Å². The number of rotatable bonds is 2. The molecule has 1 aromatic rings. The van der Waals surface area contributed by atoms with Crippen molar-refractivity contribution < 1.29 is 9.53 Å². The fraction of sp³-hybridized carbons (Fsp3) is 0.333. The van der Waals surface area contributed by atoms with Gasteiger partial charge in [0.1, 0.15) is 5.01 Å². The molecule has 0 saturated heterocycles. The average molecular weight is 236 g/mol. The predicted octanol–water partition coefficient (Wildman–Crippen LogP) is 1.62. The van der Waals surface area contributed by atoms with Crippen LogP contribution in [0, 0.1) is 0 Å². The summed E-state index contributed by atoms with van der Waals surface area (Å²) >= 11 is 4.68. The van der Waals surface area contributed by atoms with E-state index in [1.54, 1.807) is 6.20 Å². The Kier molecular flexibility index (Phi) is 3.02. The van der Waals surface area contributed by atoms with Crippen LogP contribution in [0.25, 0.3) is 0 Å². The van der Waals surface area contributed by atoms with Crippen LogP contribution in [0.5, 0.6) is 0 Å². The van der Waals surface area contributed by atoms with E-state index < -0.39 is 0 Å². The number of halogens is 1. The average Bonchev–Trinajstić information content (AvgIpc) is 2.35. The van der Waals surface area contributed by atoms with Crippen molar-refractivity contribution in [2.75, 3.05) is 7.11 Å². The molecule has 0 aromatic carbocycles. The minimum absolute atomic E-state index is 0.257. The lowest BCUT2D eigenvalue weighted by Crippen LogP contribution is -2.03. The second-order valence-corrected chi connectivity index (χ2v) is 4.31. The van der Waals surface area contributed by atoms with E-state index in [-0.39, 0.29) is 12.4 Å². The van der Waals surface area contributed by atoms with Crippen molar-refractivity contribution in [3.8, 4) is 0 Å². The normalized spacial score (nSPS) is 9.64. The number of methoxy groups -OCH3 is 1. The van der Waals surface area contributed by atoms with Crippen LogP contribution >= 0.6 is 27.3 Å². The van der Waals surface area contributed by atoms with Gasteiger partial charge in [-0.15, -0.1) is 11.3 Å². The molecule has 11 heavy (non-hydrogen) atoms. The fourth-order valence-corrected chi connectivity index (χ4v) is 1.85. The first kappa shape index (κ1) is 8.67. The molecular formula is C6H6BrNO2S. The SMILES string of the molecule is COC(=O)Cc1ncc(Br)s1. The van der Waals surface area contributed by atoms with Crippen LogP contribution in [0.3, 0.4) is 0 Å². The van der Waals surface area contributed by atoms with Gasteiger partial charge in [-0.2, -0.15) is 0 Å². The summed E-state index contributed by atoms with van der Waals surface area (Å²) in [5, 5.41) is 0.767. The van der Waals surface area contributed by atoms with Gasteiger partial charge in [0.25, 0.3) is 0 Å². The molecular weight excluding hydrogens is 230 g/mol. The molecule has 0 unspecified atom stereocenters. The molecule has 0 amide bonds. The zero-order valence-corrected chi connectivity index (χ0v) is 8.24. The molecule has 1 rings (SSSR count). The third-order valence-electron chi connectivity index (χ3n) is 1.05. The minimum Gasteiger partial charge on any atom is -0.469 e. The molecule has 0 fully saturated rings. The van der Waals surface area contributed by atoms with E-state index in [2.05, 4.69) is 25.7 Å². The Bertz CT molecular complexity index is 261. The molecule has 0 atom stereocenters. The molecule has 0 aliphatic rings. The summed E-state index contributed by atoms with van der Waals surface area (Å²) in [5.74, 6) is -0.258. The first-order valence-corrected chi connectivity index (χ1v) is 4.50. The molecule has 3 nitrogen and oxygen atoms in total. The smallest absolute Gasteiger partial charge is 0.312 e. The van der Waals surface area contributed by atoms with E-state index in [1.165, 1.54) is 18.4 Å². The monoisotopic (exact) mass is 235 g/mol. The molecule has 5 heteroatoms. The molecule has 0 saturated carbocycles. The van der Waals surface area contributed by atoms with Crippen molar-refractivity contribution in [1.82, 2.24) is 4.98 Å². The summed E-state index contributed by atoms with van der Waals surface area (Å²) in [6, 6.07) is 0. The minimum atomic E-state index is -0.258. The largest absolute Gasteiger partial charge is 0.469 e. The standard InChI is InChI=1S/C6H6BrNO2S/c1-10-6(9)2-5-8-3-4(7)11-5/h3H,2H2,1H3. The number of hydrogen-bond donors (Lipinski definition) is 0. The van der Waals surface area contributed by atoms with Gasteiger partial charge in [0.2, 0.25) is 0 Å². The highest BCUT2D eigenvalue weighted by atomic mass is 79.9. The lowest BCUT2D eigenvalue weighted by atomic mass is 10.5. The first-order chi connectivity index (χ1) is 5.22. The number of thiazole rings is 1. The lowest BCUT2D eigenvalue weighted by molar-refractivity contribution is -0.139. The van der Waals surface area contributed by atoms with E-state index in [1.807, 2.05) is 0 Å². The summed E-state index contributed by atoms with van der Waals surface area (Å²) in [6.45, 7) is 0. The van der Waals surface area contributed by atoms with Crippen molar-refractivity contribution in [2.45, 2.75) is 6.42 Å². The Morgan fingerprint density at radius 2 is 2.64 bits per heavy atom. The van der Waals surface area contributed by atoms with E-state index in [0.29, 0.717) is 0 Å². The highest BCUT2D eigenvalue weighted by Gasteiger charge is 2.05. The molecule has 1 heterocycles. The summed E-state index contributed by atoms with van der Waals surface area (Å²) in [5.41, 5.74) is 0. The van der Waals surface area contributed by atoms with Gasteiger partial charge >= 0.3 is 5.97 Å². The highest BCUT2D eigenvalue weighted by Crippen LogP contribution is 2.19. The molecule has 0 bridgehead atoms. The molecule has 0 spiro atoms. The van der Waals surface area contributed by atoms with Crippen molar-refractivity contribution in [3.05, 3.63) is 15.0 Å². The zero-order chi connectivity index (χ0) is 8.27. The van der Waals surface area contributed by atoms with E-state index in [4.69, 9.17) is 0 Å². The molecule has 0 N–H and O–H groups in total. The van der Waals surface area contributed by atoms with Crippen molar-refractivity contribution in [2.24, 2.45) is 0 Å². The first-order valence-electron chi connectivity index (χ1n) is 2.89. The van der Waals surface area contributed by atoms with Gasteiger partial charge in [0, 0.05) is 0 Å². The summed E-state index contributed by atoms with van der Waals surface area (Å²) in [6.07, 6.45) is 1.93. The molecule has 1 aromatic heterocycles. The predicted molar refractivity (Wildman–Crippen MR) is 45.5 cm³/mol. The second-order valence-electron chi connectivity index (χ2n) is 1.81. The van der Waals surface area contributed by atoms with Crippen LogP contribution in [0.4, 0.5) is 0 Å². The number of esters is 1. The number of ether oxygens (including phenoxy) is 1. The molecule has 0 aliphatic heterocycles. The van der Waals surface area contributed by atoms with E-state index >= 15 is 0 Å². The maximum atomic E-state index is 10.7. The highest BCUT2D eigenvalue weighted by molar-refractivity contribution is 9.11. The molecule has 0 radical (unpaired) electrons. The third-order valence-corrected chi connectivity index (χ3v) is 2.52. The Morgan fingerprint density at radius 3 is 3.09 bits per heavy atom. The van der Waals surface area contributed by atoms with Gasteiger partial charge < -0.3 is 4.74 Å². The summed E-state index contributed by atoms with van der Waals surface area (Å²) in [7, 11) is 1.37. The van der Waals surface area contributed by atoms with Gasteiger partial charge in [-0.3, -0.25) is 4.79 Å². The number of carbonyl (C=O) groups is 1. The van der Waals surface area contributed by atoms with Gasteiger partial charge in [0.15, 0.2) is 0 Å². The van der Waals surface area contributed by atoms with Crippen molar-refractivity contribution in [3.63, 3.8) is 0 Å². The van der Waals surface area contributed by atoms with Gasteiger partial charge in [-0.05, 0) is 15.9 Å². The Balaban J connectivity index is 2.57. The van der Waals surface area contributed by atoms with Gasteiger partial charge in [0.05, 0.1) is 23.5 Å². The fourth-order valence-electron chi connectivity index (χ4n) is 0.565. The second kappa shape index (κ2) is 3.82. The Morgan fingerprint density at radius 1 is 1.91 bits per heavy atom. The van der Waals surface area contributed by atoms with E-state index in [9.17, 15) is 4.79 Å². The van der Waals surface area contributed by atoms with E-state index in [0.717, 1.165) is 8.79 Å². The van der Waals surface area contributed by atoms with Crippen LogP contribution < -0.4 is 0 Å².